The number of fused-ring (bicyclic) bond motifs is 1. The number of ether oxygens (including phenoxy) is 1. The van der Waals surface area contributed by atoms with Crippen molar-refractivity contribution in [2.75, 3.05) is 49.5 Å². The fourth-order valence-corrected chi connectivity index (χ4v) is 5.12. The summed E-state index contributed by atoms with van der Waals surface area (Å²) in [4.78, 5) is 28.7. The Bertz CT molecular complexity index is 993. The van der Waals surface area contributed by atoms with Crippen LogP contribution < -0.4 is 21.0 Å². The van der Waals surface area contributed by atoms with E-state index in [2.05, 4.69) is 43.1 Å². The summed E-state index contributed by atoms with van der Waals surface area (Å²) in [5.41, 5.74) is 5.32. The van der Waals surface area contributed by atoms with Gasteiger partial charge in [-0.05, 0) is 61.9 Å². The Hall–Kier alpha value is -2.46. The minimum Gasteiger partial charge on any atom is -0.384 e. The van der Waals surface area contributed by atoms with Gasteiger partial charge in [0.2, 0.25) is 5.95 Å². The topological polar surface area (TPSA) is 101 Å². The molecular weight excluding hydrogens is 468 g/mol. The molecule has 0 radical (unpaired) electrons. The van der Waals surface area contributed by atoms with Crippen molar-refractivity contribution < 1.29 is 14.4 Å². The minimum absolute atomic E-state index is 0.363. The summed E-state index contributed by atoms with van der Waals surface area (Å²) in [7, 11) is 0. The molecule has 2 fully saturated rings. The first-order chi connectivity index (χ1) is 17.2. The number of nitrogens with zero attached hydrogens (tertiary/aromatic N) is 3. The summed E-state index contributed by atoms with van der Waals surface area (Å²) >= 11 is 6.18. The maximum Gasteiger partial charge on any atom is 0.278 e. The summed E-state index contributed by atoms with van der Waals surface area (Å²) < 4.78 is 5.45. The zero-order valence-electron chi connectivity index (χ0n) is 19.8. The maximum atomic E-state index is 12.3. The summed E-state index contributed by atoms with van der Waals surface area (Å²) in [5.74, 6) is 1.38. The molecule has 188 valence electrons. The Morgan fingerprint density at radius 3 is 2.77 bits per heavy atom. The SMILES string of the molecule is O=C(NOC1CCCCO1)c1cnc(N2CCC(CNCC3CNc4ccc(Cl)cc43)CC2)nc1. The van der Waals surface area contributed by atoms with Crippen molar-refractivity contribution in [2.45, 2.75) is 44.3 Å². The molecule has 3 N–H and O–H groups in total. The van der Waals surface area contributed by atoms with Crippen LogP contribution in [0.1, 0.15) is 53.9 Å². The van der Waals surface area contributed by atoms with Gasteiger partial charge in [-0.3, -0.25) is 4.79 Å². The van der Waals surface area contributed by atoms with Crippen LogP contribution in [-0.2, 0) is 9.57 Å². The number of aromatic nitrogens is 2. The van der Waals surface area contributed by atoms with Crippen molar-refractivity contribution in [1.29, 1.82) is 0 Å². The number of piperidine rings is 1. The van der Waals surface area contributed by atoms with E-state index in [0.29, 0.717) is 30.0 Å². The van der Waals surface area contributed by atoms with Gasteiger partial charge in [0.1, 0.15) is 0 Å². The highest BCUT2D eigenvalue weighted by atomic mass is 35.5. The Kier molecular flexibility index (Phi) is 7.98. The highest BCUT2D eigenvalue weighted by molar-refractivity contribution is 6.30. The molecule has 1 aromatic carbocycles. The highest BCUT2D eigenvalue weighted by Crippen LogP contribution is 2.33. The van der Waals surface area contributed by atoms with E-state index in [9.17, 15) is 4.79 Å². The van der Waals surface area contributed by atoms with Crippen LogP contribution in [-0.4, -0.2) is 61.5 Å². The maximum absolute atomic E-state index is 12.3. The van der Waals surface area contributed by atoms with Crippen LogP contribution in [0.3, 0.4) is 0 Å². The molecule has 0 bridgehead atoms. The smallest absolute Gasteiger partial charge is 0.278 e. The van der Waals surface area contributed by atoms with Crippen molar-refractivity contribution in [3.63, 3.8) is 0 Å². The number of rotatable bonds is 8. The fourth-order valence-electron chi connectivity index (χ4n) is 4.94. The molecule has 2 atom stereocenters. The lowest BCUT2D eigenvalue weighted by Crippen LogP contribution is -2.39. The zero-order chi connectivity index (χ0) is 24.0. The quantitative estimate of drug-likeness (QED) is 0.474. The van der Waals surface area contributed by atoms with E-state index in [1.54, 1.807) is 12.4 Å². The molecular formula is C25H33ClN6O3. The summed E-state index contributed by atoms with van der Waals surface area (Å²) in [6.45, 7) is 5.38. The van der Waals surface area contributed by atoms with Crippen LogP contribution in [0.2, 0.25) is 5.02 Å². The average molecular weight is 501 g/mol. The second kappa shape index (κ2) is 11.5. The predicted octanol–water partition coefficient (Wildman–Crippen LogP) is 3.33. The Morgan fingerprint density at radius 1 is 1.17 bits per heavy atom. The molecule has 0 saturated carbocycles. The van der Waals surface area contributed by atoms with Crippen LogP contribution >= 0.6 is 11.6 Å². The number of hydroxylamine groups is 1. The summed E-state index contributed by atoms with van der Waals surface area (Å²) in [6.07, 6.45) is 7.73. The predicted molar refractivity (Wildman–Crippen MR) is 135 cm³/mol. The van der Waals surface area contributed by atoms with Gasteiger partial charge in [-0.25, -0.2) is 20.3 Å². The number of hydrogen-bond donors (Lipinski definition) is 3. The molecule has 1 aromatic heterocycles. The molecule has 2 unspecified atom stereocenters. The molecule has 9 nitrogen and oxygen atoms in total. The highest BCUT2D eigenvalue weighted by Gasteiger charge is 2.24. The van der Waals surface area contributed by atoms with Gasteiger partial charge in [-0.2, -0.15) is 0 Å². The first-order valence-electron chi connectivity index (χ1n) is 12.5. The molecule has 0 aliphatic carbocycles. The lowest BCUT2D eigenvalue weighted by molar-refractivity contribution is -0.186. The Balaban J connectivity index is 1.03. The van der Waals surface area contributed by atoms with Gasteiger partial charge < -0.3 is 20.3 Å². The van der Waals surface area contributed by atoms with Crippen molar-refractivity contribution in [3.8, 4) is 0 Å². The Morgan fingerprint density at radius 2 is 2.00 bits per heavy atom. The van der Waals surface area contributed by atoms with Gasteiger partial charge in [-0.15, -0.1) is 0 Å². The van der Waals surface area contributed by atoms with Crippen LogP contribution in [0.4, 0.5) is 11.6 Å². The van der Waals surface area contributed by atoms with E-state index in [-0.39, 0.29) is 12.2 Å². The molecule has 4 heterocycles. The van der Waals surface area contributed by atoms with Crippen LogP contribution in [0, 0.1) is 5.92 Å². The van der Waals surface area contributed by atoms with Gasteiger partial charge >= 0.3 is 0 Å². The minimum atomic E-state index is -0.382. The normalized spacial score (nSPS) is 22.5. The number of benzene rings is 1. The molecule has 2 saturated heterocycles. The average Bonchev–Trinajstić information content (AvgIpc) is 3.30. The van der Waals surface area contributed by atoms with E-state index in [1.165, 1.54) is 11.3 Å². The number of anilines is 2. The first-order valence-corrected chi connectivity index (χ1v) is 12.9. The fraction of sp³-hybridized carbons (Fsp3) is 0.560. The van der Waals surface area contributed by atoms with Gasteiger partial charge in [0, 0.05) is 68.2 Å². The third-order valence-corrected chi connectivity index (χ3v) is 7.27. The monoisotopic (exact) mass is 500 g/mol. The number of amides is 1. The van der Waals surface area contributed by atoms with Crippen molar-refractivity contribution in [3.05, 3.63) is 46.7 Å². The third kappa shape index (κ3) is 6.22. The second-order valence-corrected chi connectivity index (χ2v) is 9.95. The van der Waals surface area contributed by atoms with E-state index in [4.69, 9.17) is 21.2 Å². The lowest BCUT2D eigenvalue weighted by Gasteiger charge is -2.32. The number of halogens is 1. The van der Waals surface area contributed by atoms with Gasteiger partial charge in [0.15, 0.2) is 6.29 Å². The van der Waals surface area contributed by atoms with Crippen LogP contribution in [0.5, 0.6) is 0 Å². The van der Waals surface area contributed by atoms with Crippen LogP contribution in [0.15, 0.2) is 30.6 Å². The summed E-state index contributed by atoms with van der Waals surface area (Å²) in [6, 6.07) is 6.08. The molecule has 3 aliphatic rings. The first kappa shape index (κ1) is 24.2. The lowest BCUT2D eigenvalue weighted by atomic mass is 9.96. The van der Waals surface area contributed by atoms with Gasteiger partial charge in [-0.1, -0.05) is 11.6 Å². The van der Waals surface area contributed by atoms with E-state index in [1.807, 2.05) is 6.07 Å². The van der Waals surface area contributed by atoms with E-state index in [0.717, 1.165) is 69.9 Å². The number of hydrogen-bond acceptors (Lipinski definition) is 8. The molecule has 35 heavy (non-hydrogen) atoms. The molecule has 10 heteroatoms. The standard InChI is InChI=1S/C25H33ClN6O3/c26-20-4-5-22-21(11-20)18(14-28-22)13-27-12-17-6-8-32(9-7-17)25-29-15-19(16-30-25)24(33)31-35-23-3-1-2-10-34-23/h4-5,11,15-18,23,27-28H,1-3,6-10,12-14H2,(H,31,33). The summed E-state index contributed by atoms with van der Waals surface area (Å²) in [5, 5.41) is 7.93. The number of carbonyl (C=O) groups is 1. The van der Waals surface area contributed by atoms with E-state index < -0.39 is 0 Å². The largest absolute Gasteiger partial charge is 0.384 e. The molecule has 5 rings (SSSR count). The second-order valence-electron chi connectivity index (χ2n) is 9.51. The molecule has 0 spiro atoms. The molecule has 2 aromatic rings. The van der Waals surface area contributed by atoms with Gasteiger partial charge in [0.25, 0.3) is 5.91 Å². The third-order valence-electron chi connectivity index (χ3n) is 7.03. The number of carbonyl (C=O) groups excluding carboxylic acids is 1. The van der Waals surface area contributed by atoms with E-state index >= 15 is 0 Å². The van der Waals surface area contributed by atoms with Crippen molar-refractivity contribution >= 4 is 29.1 Å². The zero-order valence-corrected chi connectivity index (χ0v) is 20.6. The molecule has 1 amide bonds. The number of nitrogens with one attached hydrogen (secondary N) is 3. The van der Waals surface area contributed by atoms with Gasteiger partial charge in [0.05, 0.1) is 5.56 Å². The van der Waals surface area contributed by atoms with Crippen molar-refractivity contribution in [1.82, 2.24) is 20.8 Å². The molecule has 3 aliphatic heterocycles. The Labute approximate surface area is 210 Å². The van der Waals surface area contributed by atoms with Crippen LogP contribution in [0.25, 0.3) is 0 Å². The van der Waals surface area contributed by atoms with Crippen molar-refractivity contribution in [2.24, 2.45) is 5.92 Å².